The summed E-state index contributed by atoms with van der Waals surface area (Å²) in [5.74, 6) is 1.05. The number of nitrogens with zero attached hydrogens (tertiary/aromatic N) is 1. The number of amides is 1. The van der Waals surface area contributed by atoms with E-state index >= 15 is 0 Å². The second-order valence-corrected chi connectivity index (χ2v) is 3.96. The summed E-state index contributed by atoms with van der Waals surface area (Å²) in [6.07, 6.45) is 3.32. The van der Waals surface area contributed by atoms with Crippen molar-refractivity contribution in [2.45, 2.75) is 25.3 Å². The van der Waals surface area contributed by atoms with E-state index in [1.807, 2.05) is 11.9 Å². The van der Waals surface area contributed by atoms with Crippen molar-refractivity contribution in [2.24, 2.45) is 5.92 Å². The third-order valence-corrected chi connectivity index (χ3v) is 2.86. The van der Waals surface area contributed by atoms with Crippen LogP contribution in [0.4, 0.5) is 0 Å². The van der Waals surface area contributed by atoms with Crippen LogP contribution in [0.5, 0.6) is 0 Å². The number of likely N-dealkylation sites (N-methyl/N-ethyl adjacent to an activating group) is 1. The highest BCUT2D eigenvalue weighted by Gasteiger charge is 2.30. The Kier molecular flexibility index (Phi) is 2.05. The summed E-state index contributed by atoms with van der Waals surface area (Å²) in [5.41, 5.74) is 0. The van der Waals surface area contributed by atoms with E-state index in [4.69, 9.17) is 0 Å². The fourth-order valence-electron chi connectivity index (χ4n) is 1.46. The second-order valence-electron chi connectivity index (χ2n) is 3.96. The Hall–Kier alpha value is -0.570. The van der Waals surface area contributed by atoms with Crippen molar-refractivity contribution in [2.75, 3.05) is 20.1 Å². The largest absolute Gasteiger partial charge is 0.340 e. The molecule has 1 amide bonds. The van der Waals surface area contributed by atoms with Gasteiger partial charge in [-0.2, -0.15) is 0 Å². The van der Waals surface area contributed by atoms with E-state index in [-0.39, 0.29) is 0 Å². The Morgan fingerprint density at radius 2 is 2.17 bits per heavy atom. The molecule has 1 saturated heterocycles. The Labute approximate surface area is 73.1 Å². The highest BCUT2D eigenvalue weighted by Crippen LogP contribution is 2.32. The molecule has 3 heteroatoms. The summed E-state index contributed by atoms with van der Waals surface area (Å²) in [5, 5.41) is 3.17. The van der Waals surface area contributed by atoms with E-state index in [2.05, 4.69) is 5.32 Å². The SMILES string of the molecule is CN(C(=O)CC1CC1)C1CNC1. The molecule has 1 aliphatic carbocycles. The molecule has 0 radical (unpaired) electrons. The molecule has 2 fully saturated rings. The first-order chi connectivity index (χ1) is 5.77. The van der Waals surface area contributed by atoms with Gasteiger partial charge in [-0.3, -0.25) is 4.79 Å². The molecule has 0 atom stereocenters. The minimum absolute atomic E-state index is 0.337. The van der Waals surface area contributed by atoms with Gasteiger partial charge in [-0.05, 0) is 18.8 Å². The first-order valence-corrected chi connectivity index (χ1v) is 4.74. The first kappa shape index (κ1) is 8.05. The molecule has 1 N–H and O–H groups in total. The number of carbonyl (C=O) groups is 1. The van der Waals surface area contributed by atoms with Gasteiger partial charge in [0.15, 0.2) is 0 Å². The average Bonchev–Trinajstić information content (AvgIpc) is 2.67. The summed E-state index contributed by atoms with van der Waals surface area (Å²) in [7, 11) is 1.93. The molecule has 3 nitrogen and oxygen atoms in total. The smallest absolute Gasteiger partial charge is 0.222 e. The lowest BCUT2D eigenvalue weighted by molar-refractivity contribution is -0.133. The molecule has 0 unspecified atom stereocenters. The lowest BCUT2D eigenvalue weighted by atomic mass is 10.1. The molecule has 2 aliphatic rings. The van der Waals surface area contributed by atoms with Gasteiger partial charge in [0.25, 0.3) is 0 Å². The zero-order chi connectivity index (χ0) is 8.55. The molecule has 0 spiro atoms. The van der Waals surface area contributed by atoms with Gasteiger partial charge in [0.05, 0.1) is 6.04 Å². The summed E-state index contributed by atoms with van der Waals surface area (Å²) in [4.78, 5) is 13.4. The van der Waals surface area contributed by atoms with E-state index < -0.39 is 0 Å². The van der Waals surface area contributed by atoms with Crippen molar-refractivity contribution in [1.29, 1.82) is 0 Å². The number of hydrogen-bond acceptors (Lipinski definition) is 2. The van der Waals surface area contributed by atoms with Gasteiger partial charge in [0.2, 0.25) is 5.91 Å². The third kappa shape index (κ3) is 1.61. The summed E-state index contributed by atoms with van der Waals surface area (Å²) >= 11 is 0. The highest BCUT2D eigenvalue weighted by molar-refractivity contribution is 5.77. The van der Waals surface area contributed by atoms with E-state index in [1.165, 1.54) is 12.8 Å². The fourth-order valence-corrected chi connectivity index (χ4v) is 1.46. The first-order valence-electron chi connectivity index (χ1n) is 4.74. The van der Waals surface area contributed by atoms with Crippen LogP contribution in [0.3, 0.4) is 0 Å². The molecule has 0 aromatic heterocycles. The molecule has 1 aliphatic heterocycles. The van der Waals surface area contributed by atoms with E-state index in [1.54, 1.807) is 0 Å². The zero-order valence-electron chi connectivity index (χ0n) is 7.55. The lowest BCUT2D eigenvalue weighted by Gasteiger charge is -2.35. The van der Waals surface area contributed by atoms with Gasteiger partial charge in [-0.1, -0.05) is 0 Å². The van der Waals surface area contributed by atoms with Crippen LogP contribution < -0.4 is 5.32 Å². The van der Waals surface area contributed by atoms with Crippen molar-refractivity contribution >= 4 is 5.91 Å². The van der Waals surface area contributed by atoms with Gasteiger partial charge in [0, 0.05) is 26.6 Å². The minimum Gasteiger partial charge on any atom is -0.340 e. The van der Waals surface area contributed by atoms with Crippen molar-refractivity contribution in [3.8, 4) is 0 Å². The number of nitrogens with one attached hydrogen (secondary N) is 1. The van der Waals surface area contributed by atoms with Crippen molar-refractivity contribution in [1.82, 2.24) is 10.2 Å². The molecule has 2 rings (SSSR count). The number of carbonyl (C=O) groups excluding carboxylic acids is 1. The van der Waals surface area contributed by atoms with Gasteiger partial charge in [-0.15, -0.1) is 0 Å². The number of hydrogen-bond donors (Lipinski definition) is 1. The van der Waals surface area contributed by atoms with Gasteiger partial charge >= 0.3 is 0 Å². The maximum Gasteiger partial charge on any atom is 0.222 e. The van der Waals surface area contributed by atoms with Crippen LogP contribution in [0.1, 0.15) is 19.3 Å². The van der Waals surface area contributed by atoms with Crippen LogP contribution in [-0.2, 0) is 4.79 Å². The monoisotopic (exact) mass is 168 g/mol. The van der Waals surface area contributed by atoms with Gasteiger partial charge in [0.1, 0.15) is 0 Å². The predicted octanol–water partition coefficient (Wildman–Crippen LogP) is 0.217. The Morgan fingerprint density at radius 1 is 1.50 bits per heavy atom. The molecule has 1 heterocycles. The summed E-state index contributed by atoms with van der Waals surface area (Å²) in [6.45, 7) is 1.96. The van der Waals surface area contributed by atoms with E-state index in [0.29, 0.717) is 17.9 Å². The Balaban J connectivity index is 1.76. The van der Waals surface area contributed by atoms with Crippen molar-refractivity contribution in [3.63, 3.8) is 0 Å². The van der Waals surface area contributed by atoms with Crippen LogP contribution in [-0.4, -0.2) is 37.0 Å². The quantitative estimate of drug-likeness (QED) is 0.653. The molecule has 1 saturated carbocycles. The van der Waals surface area contributed by atoms with E-state index in [0.717, 1.165) is 19.5 Å². The molecular weight excluding hydrogens is 152 g/mol. The number of rotatable bonds is 3. The Morgan fingerprint density at radius 3 is 2.58 bits per heavy atom. The molecule has 0 aromatic rings. The predicted molar refractivity (Wildman–Crippen MR) is 46.8 cm³/mol. The van der Waals surface area contributed by atoms with Crippen LogP contribution in [0, 0.1) is 5.92 Å². The van der Waals surface area contributed by atoms with Gasteiger partial charge < -0.3 is 10.2 Å². The van der Waals surface area contributed by atoms with Crippen LogP contribution in [0.25, 0.3) is 0 Å². The topological polar surface area (TPSA) is 32.3 Å². The minimum atomic E-state index is 0.337. The molecule has 0 aromatic carbocycles. The normalized spacial score (nSPS) is 23.4. The van der Waals surface area contributed by atoms with Crippen LogP contribution in [0.15, 0.2) is 0 Å². The second kappa shape index (κ2) is 3.05. The summed E-state index contributed by atoms with van der Waals surface area (Å²) in [6, 6.07) is 0.469. The summed E-state index contributed by atoms with van der Waals surface area (Å²) < 4.78 is 0. The van der Waals surface area contributed by atoms with Crippen LogP contribution >= 0.6 is 0 Å². The maximum atomic E-state index is 11.5. The molecule has 68 valence electrons. The standard InChI is InChI=1S/C9H16N2O/c1-11(8-5-10-6-8)9(12)4-7-2-3-7/h7-8,10H,2-6H2,1H3. The van der Waals surface area contributed by atoms with E-state index in [9.17, 15) is 4.79 Å². The van der Waals surface area contributed by atoms with Gasteiger partial charge in [-0.25, -0.2) is 0 Å². The molecule has 12 heavy (non-hydrogen) atoms. The highest BCUT2D eigenvalue weighted by atomic mass is 16.2. The fraction of sp³-hybridized carbons (Fsp3) is 0.889. The molecular formula is C9H16N2O. The zero-order valence-corrected chi connectivity index (χ0v) is 7.55. The average molecular weight is 168 g/mol. The third-order valence-electron chi connectivity index (χ3n) is 2.86. The van der Waals surface area contributed by atoms with Crippen molar-refractivity contribution in [3.05, 3.63) is 0 Å². The maximum absolute atomic E-state index is 11.5. The van der Waals surface area contributed by atoms with Crippen LogP contribution in [0.2, 0.25) is 0 Å². The van der Waals surface area contributed by atoms with Crippen molar-refractivity contribution < 1.29 is 4.79 Å². The molecule has 0 bridgehead atoms. The lowest BCUT2D eigenvalue weighted by Crippen LogP contribution is -2.57. The Bertz CT molecular complexity index is 185.